The van der Waals surface area contributed by atoms with Gasteiger partial charge in [-0.25, -0.2) is 0 Å². The topological polar surface area (TPSA) is 40.5 Å². The molecule has 0 saturated carbocycles. The van der Waals surface area contributed by atoms with Gasteiger partial charge >= 0.3 is 0 Å². The molecule has 0 bridgehead atoms. The molecule has 5 heteroatoms. The molecule has 0 fully saturated rings. The highest BCUT2D eigenvalue weighted by atomic mass is 79.9. The van der Waals surface area contributed by atoms with Crippen molar-refractivity contribution in [1.82, 2.24) is 4.90 Å². The fraction of sp³-hybridized carbons (Fsp3) is 0.417. The molecule has 0 aromatic heterocycles. The molecular weight excluding hydrogens is 302 g/mol. The van der Waals surface area contributed by atoms with E-state index in [1.807, 2.05) is 31.2 Å². The van der Waals surface area contributed by atoms with Crippen LogP contribution in [0.4, 0.5) is 0 Å². The van der Waals surface area contributed by atoms with Crippen molar-refractivity contribution in [2.45, 2.75) is 17.1 Å². The number of carbonyl (C=O) groups is 1. The van der Waals surface area contributed by atoms with Crippen molar-refractivity contribution in [2.24, 2.45) is 0 Å². The van der Waals surface area contributed by atoms with E-state index < -0.39 is 0 Å². The predicted molar refractivity (Wildman–Crippen MR) is 74.2 cm³/mol. The van der Waals surface area contributed by atoms with E-state index in [1.54, 1.807) is 11.9 Å². The SMILES string of the molecule is CC(Sc1ccc(Br)cc1)C(=O)N(C)CCO. The lowest BCUT2D eigenvalue weighted by molar-refractivity contribution is -0.129. The zero-order chi connectivity index (χ0) is 12.8. The number of benzene rings is 1. The first kappa shape index (κ1) is 14.5. The first-order chi connectivity index (χ1) is 8.04. The molecule has 94 valence electrons. The van der Waals surface area contributed by atoms with Gasteiger partial charge in [-0.3, -0.25) is 4.79 Å². The fourth-order valence-electron chi connectivity index (χ4n) is 1.34. The second-order valence-electron chi connectivity index (χ2n) is 3.70. The maximum absolute atomic E-state index is 11.9. The summed E-state index contributed by atoms with van der Waals surface area (Å²) in [6, 6.07) is 7.86. The van der Waals surface area contributed by atoms with Crippen molar-refractivity contribution in [2.75, 3.05) is 20.2 Å². The zero-order valence-corrected chi connectivity index (χ0v) is 12.3. The lowest BCUT2D eigenvalue weighted by Crippen LogP contribution is -2.35. The zero-order valence-electron chi connectivity index (χ0n) is 9.89. The number of likely N-dealkylation sites (N-methyl/N-ethyl adjacent to an activating group) is 1. The van der Waals surface area contributed by atoms with E-state index in [1.165, 1.54) is 11.8 Å². The number of hydrogen-bond donors (Lipinski definition) is 1. The van der Waals surface area contributed by atoms with Crippen LogP contribution >= 0.6 is 27.7 Å². The smallest absolute Gasteiger partial charge is 0.235 e. The Bertz CT molecular complexity index is 369. The molecule has 1 rings (SSSR count). The number of halogens is 1. The summed E-state index contributed by atoms with van der Waals surface area (Å²) in [7, 11) is 1.71. The summed E-state index contributed by atoms with van der Waals surface area (Å²) >= 11 is 4.89. The van der Waals surface area contributed by atoms with E-state index in [2.05, 4.69) is 15.9 Å². The molecule has 3 nitrogen and oxygen atoms in total. The van der Waals surface area contributed by atoms with E-state index in [0.29, 0.717) is 6.54 Å². The van der Waals surface area contributed by atoms with Gasteiger partial charge in [-0.15, -0.1) is 11.8 Å². The highest BCUT2D eigenvalue weighted by Crippen LogP contribution is 2.25. The molecule has 0 saturated heterocycles. The number of hydrogen-bond acceptors (Lipinski definition) is 3. The average molecular weight is 318 g/mol. The van der Waals surface area contributed by atoms with Crippen molar-refractivity contribution in [3.63, 3.8) is 0 Å². The number of amides is 1. The summed E-state index contributed by atoms with van der Waals surface area (Å²) in [6.07, 6.45) is 0. The molecule has 17 heavy (non-hydrogen) atoms. The van der Waals surface area contributed by atoms with Gasteiger partial charge < -0.3 is 10.0 Å². The summed E-state index contributed by atoms with van der Waals surface area (Å²) in [4.78, 5) is 14.5. The number of aliphatic hydroxyl groups is 1. The van der Waals surface area contributed by atoms with Gasteiger partial charge in [0.2, 0.25) is 5.91 Å². The van der Waals surface area contributed by atoms with Crippen molar-refractivity contribution in [3.8, 4) is 0 Å². The fourth-order valence-corrected chi connectivity index (χ4v) is 2.58. The summed E-state index contributed by atoms with van der Waals surface area (Å²) < 4.78 is 1.03. The standard InChI is InChI=1S/C12H16BrNO2S/c1-9(12(16)14(2)7-8-15)17-11-5-3-10(13)4-6-11/h3-6,9,15H,7-8H2,1-2H3. The van der Waals surface area contributed by atoms with Crippen LogP contribution in [-0.2, 0) is 4.79 Å². The van der Waals surface area contributed by atoms with Crippen LogP contribution in [0.1, 0.15) is 6.92 Å². The Balaban J connectivity index is 2.56. The van der Waals surface area contributed by atoms with Crippen LogP contribution in [0.2, 0.25) is 0 Å². The highest BCUT2D eigenvalue weighted by molar-refractivity contribution is 9.10. The Kier molecular flexibility index (Phi) is 6.02. The summed E-state index contributed by atoms with van der Waals surface area (Å²) in [5.41, 5.74) is 0. The molecule has 0 aliphatic rings. The van der Waals surface area contributed by atoms with Crippen molar-refractivity contribution >= 4 is 33.6 Å². The Morgan fingerprint density at radius 2 is 2.06 bits per heavy atom. The molecule has 1 aromatic rings. The lowest BCUT2D eigenvalue weighted by Gasteiger charge is -2.20. The van der Waals surface area contributed by atoms with Gasteiger partial charge in [-0.05, 0) is 31.2 Å². The molecule has 0 heterocycles. The minimum absolute atomic E-state index is 0.00207. The van der Waals surface area contributed by atoms with Crippen molar-refractivity contribution < 1.29 is 9.90 Å². The highest BCUT2D eigenvalue weighted by Gasteiger charge is 2.17. The first-order valence-corrected chi connectivity index (χ1v) is 7.00. The number of thioether (sulfide) groups is 1. The Morgan fingerprint density at radius 3 is 2.59 bits per heavy atom. The van der Waals surface area contributed by atoms with Crippen LogP contribution in [0.5, 0.6) is 0 Å². The third-order valence-electron chi connectivity index (χ3n) is 2.29. The van der Waals surface area contributed by atoms with Crippen LogP contribution < -0.4 is 0 Å². The number of rotatable bonds is 5. The first-order valence-electron chi connectivity index (χ1n) is 5.32. The van der Waals surface area contributed by atoms with E-state index in [-0.39, 0.29) is 17.8 Å². The molecule has 1 N–H and O–H groups in total. The van der Waals surface area contributed by atoms with Crippen LogP contribution in [0, 0.1) is 0 Å². The van der Waals surface area contributed by atoms with Gasteiger partial charge in [0, 0.05) is 23.0 Å². The number of carbonyl (C=O) groups excluding carboxylic acids is 1. The summed E-state index contributed by atoms with van der Waals surface area (Å²) in [5, 5.41) is 8.64. The maximum Gasteiger partial charge on any atom is 0.235 e. The Hall–Kier alpha value is -0.520. The van der Waals surface area contributed by atoms with E-state index >= 15 is 0 Å². The Morgan fingerprint density at radius 1 is 1.47 bits per heavy atom. The molecule has 1 atom stereocenters. The second kappa shape index (κ2) is 7.03. The maximum atomic E-state index is 11.9. The van der Waals surface area contributed by atoms with Gasteiger partial charge in [0.05, 0.1) is 11.9 Å². The van der Waals surface area contributed by atoms with Gasteiger partial charge in [0.25, 0.3) is 0 Å². The second-order valence-corrected chi connectivity index (χ2v) is 6.03. The van der Waals surface area contributed by atoms with E-state index in [9.17, 15) is 4.79 Å². The third-order valence-corrected chi connectivity index (χ3v) is 3.91. The monoisotopic (exact) mass is 317 g/mol. The van der Waals surface area contributed by atoms with Gasteiger partial charge in [0.15, 0.2) is 0 Å². The molecule has 0 spiro atoms. The normalized spacial score (nSPS) is 12.2. The van der Waals surface area contributed by atoms with Crippen LogP contribution in [0.15, 0.2) is 33.6 Å². The molecule has 1 amide bonds. The molecule has 0 aliphatic heterocycles. The third kappa shape index (κ3) is 4.69. The lowest BCUT2D eigenvalue weighted by atomic mass is 10.4. The van der Waals surface area contributed by atoms with Gasteiger partial charge in [-0.2, -0.15) is 0 Å². The number of aliphatic hydroxyl groups excluding tert-OH is 1. The molecule has 0 radical (unpaired) electrons. The molecule has 0 aliphatic carbocycles. The van der Waals surface area contributed by atoms with Crippen LogP contribution in [0.3, 0.4) is 0 Å². The van der Waals surface area contributed by atoms with E-state index in [0.717, 1.165) is 9.37 Å². The van der Waals surface area contributed by atoms with Crippen molar-refractivity contribution in [1.29, 1.82) is 0 Å². The van der Waals surface area contributed by atoms with Crippen LogP contribution in [0.25, 0.3) is 0 Å². The number of nitrogens with zero attached hydrogens (tertiary/aromatic N) is 1. The van der Waals surface area contributed by atoms with E-state index in [4.69, 9.17) is 5.11 Å². The summed E-state index contributed by atoms with van der Waals surface area (Å²) in [5.74, 6) is 0.0342. The van der Waals surface area contributed by atoms with Crippen molar-refractivity contribution in [3.05, 3.63) is 28.7 Å². The largest absolute Gasteiger partial charge is 0.395 e. The molecule has 1 unspecified atom stereocenters. The summed E-state index contributed by atoms with van der Waals surface area (Å²) in [6.45, 7) is 2.25. The predicted octanol–water partition coefficient (Wildman–Crippen LogP) is 2.38. The van der Waals surface area contributed by atoms with Gasteiger partial charge in [-0.1, -0.05) is 15.9 Å². The molecular formula is C12H16BrNO2S. The quantitative estimate of drug-likeness (QED) is 0.848. The Labute approximate surface area is 114 Å². The average Bonchev–Trinajstić information content (AvgIpc) is 2.31. The minimum Gasteiger partial charge on any atom is -0.395 e. The molecule has 1 aromatic carbocycles. The minimum atomic E-state index is -0.146. The van der Waals surface area contributed by atoms with Crippen LogP contribution in [-0.4, -0.2) is 41.4 Å². The van der Waals surface area contributed by atoms with Gasteiger partial charge in [0.1, 0.15) is 0 Å².